The molecule has 0 bridgehead atoms. The lowest BCUT2D eigenvalue weighted by Crippen LogP contribution is -2.16. The van der Waals surface area contributed by atoms with E-state index in [4.69, 9.17) is 5.84 Å². The van der Waals surface area contributed by atoms with Crippen molar-refractivity contribution in [2.75, 3.05) is 16.9 Å². The maximum absolute atomic E-state index is 12.9. The van der Waals surface area contributed by atoms with Crippen molar-refractivity contribution in [1.29, 1.82) is 0 Å². The predicted molar refractivity (Wildman–Crippen MR) is 98.0 cm³/mol. The second-order valence-corrected chi connectivity index (χ2v) is 6.37. The molecule has 0 spiro atoms. The minimum absolute atomic E-state index is 0.00781. The summed E-state index contributed by atoms with van der Waals surface area (Å²) in [5.74, 6) is 5.55. The lowest BCUT2D eigenvalue weighted by Gasteiger charge is -2.07. The fourth-order valence-electron chi connectivity index (χ4n) is 2.22. The molecule has 0 unspecified atom stereocenters. The van der Waals surface area contributed by atoms with Crippen molar-refractivity contribution < 1.29 is 22.7 Å². The molecule has 0 saturated carbocycles. The van der Waals surface area contributed by atoms with E-state index in [1.807, 2.05) is 0 Å². The molecule has 146 valence electrons. The van der Waals surface area contributed by atoms with E-state index in [2.05, 4.69) is 20.3 Å². The second kappa shape index (κ2) is 8.65. The lowest BCUT2D eigenvalue weighted by molar-refractivity contribution is -0.113. The maximum Gasteiger partial charge on any atom is 0.387 e. The van der Waals surface area contributed by atoms with E-state index < -0.39 is 12.4 Å². The quantitative estimate of drug-likeness (QED) is 0.460. The molecule has 7 nitrogen and oxygen atoms in total. The van der Waals surface area contributed by atoms with E-state index in [1.54, 1.807) is 0 Å². The van der Waals surface area contributed by atoms with Crippen LogP contribution in [0.1, 0.15) is 0 Å². The average Bonchev–Trinajstić information content (AvgIpc) is 3.03. The third-order valence-corrected chi connectivity index (χ3v) is 4.41. The Labute approximate surface area is 161 Å². The Morgan fingerprint density at radius 2 is 1.82 bits per heavy atom. The van der Waals surface area contributed by atoms with Gasteiger partial charge in [-0.1, -0.05) is 11.8 Å². The Balaban J connectivity index is 1.61. The van der Waals surface area contributed by atoms with Gasteiger partial charge in [0, 0.05) is 11.3 Å². The first-order valence-corrected chi connectivity index (χ1v) is 8.85. The normalized spacial score (nSPS) is 10.9. The highest BCUT2D eigenvalue weighted by Gasteiger charge is 2.14. The summed E-state index contributed by atoms with van der Waals surface area (Å²) in [5.41, 5.74) is 1.01. The van der Waals surface area contributed by atoms with Gasteiger partial charge in [0.05, 0.1) is 5.75 Å². The minimum atomic E-state index is -2.91. The number of benzene rings is 2. The van der Waals surface area contributed by atoms with E-state index in [-0.39, 0.29) is 22.6 Å². The molecule has 0 atom stereocenters. The number of ether oxygens (including phenoxy) is 1. The molecule has 1 amide bonds. The number of anilines is 1. The van der Waals surface area contributed by atoms with Crippen LogP contribution < -0.4 is 15.9 Å². The molecular formula is C17H14F3N5O2S. The van der Waals surface area contributed by atoms with Gasteiger partial charge in [-0.05, 0) is 48.5 Å². The van der Waals surface area contributed by atoms with E-state index in [9.17, 15) is 18.0 Å². The summed E-state index contributed by atoms with van der Waals surface area (Å²) in [6.07, 6.45) is 0. The third kappa shape index (κ3) is 4.94. The summed E-state index contributed by atoms with van der Waals surface area (Å²) < 4.78 is 42.7. The molecule has 1 heterocycles. The number of halogens is 3. The Morgan fingerprint density at radius 1 is 1.14 bits per heavy atom. The summed E-state index contributed by atoms with van der Waals surface area (Å²) in [7, 11) is 0. The monoisotopic (exact) mass is 409 g/mol. The highest BCUT2D eigenvalue weighted by molar-refractivity contribution is 7.99. The van der Waals surface area contributed by atoms with Crippen molar-refractivity contribution in [3.63, 3.8) is 0 Å². The van der Waals surface area contributed by atoms with E-state index >= 15 is 0 Å². The van der Waals surface area contributed by atoms with Crippen molar-refractivity contribution in [3.8, 4) is 17.1 Å². The molecule has 0 fully saturated rings. The third-order valence-electron chi connectivity index (χ3n) is 3.46. The molecule has 1 aromatic heterocycles. The Bertz CT molecular complexity index is 948. The van der Waals surface area contributed by atoms with Crippen molar-refractivity contribution >= 4 is 23.4 Å². The standard InChI is InChI=1S/C17H14F3N5O2S/c18-11-3-5-12(6-4-11)22-14(26)9-28-17-24-23-15(25(17)21)10-1-7-13(8-2-10)27-16(19)20/h1-8,16H,9,21H2,(H,22,26). The largest absolute Gasteiger partial charge is 0.435 e. The first kappa shape index (κ1) is 19.5. The fraction of sp³-hybridized carbons (Fsp3) is 0.118. The Morgan fingerprint density at radius 3 is 2.46 bits per heavy atom. The van der Waals surface area contributed by atoms with Gasteiger partial charge in [0.1, 0.15) is 11.6 Å². The van der Waals surface area contributed by atoms with Gasteiger partial charge in [-0.3, -0.25) is 4.79 Å². The summed E-state index contributed by atoms with van der Waals surface area (Å²) in [6, 6.07) is 11.1. The van der Waals surface area contributed by atoms with Crippen LogP contribution in [0.5, 0.6) is 5.75 Å². The number of hydrogen-bond donors (Lipinski definition) is 2. The number of hydrogen-bond acceptors (Lipinski definition) is 6. The number of amides is 1. The van der Waals surface area contributed by atoms with Gasteiger partial charge in [0.25, 0.3) is 0 Å². The van der Waals surface area contributed by atoms with Crippen molar-refractivity contribution in [3.05, 3.63) is 54.3 Å². The van der Waals surface area contributed by atoms with E-state index in [1.165, 1.54) is 53.2 Å². The van der Waals surface area contributed by atoms with E-state index in [0.717, 1.165) is 11.8 Å². The number of aromatic nitrogens is 3. The number of nitrogens with two attached hydrogens (primary N) is 1. The molecule has 0 aliphatic heterocycles. The first-order chi connectivity index (χ1) is 13.4. The summed E-state index contributed by atoms with van der Waals surface area (Å²) >= 11 is 1.06. The fourth-order valence-corrected chi connectivity index (χ4v) is 2.87. The molecule has 11 heteroatoms. The summed E-state index contributed by atoms with van der Waals surface area (Å²) in [5, 5.41) is 10.8. The zero-order valence-electron chi connectivity index (χ0n) is 14.2. The number of thioether (sulfide) groups is 1. The van der Waals surface area contributed by atoms with Crippen LogP contribution in [0.2, 0.25) is 0 Å². The average molecular weight is 409 g/mol. The molecule has 0 aliphatic carbocycles. The minimum Gasteiger partial charge on any atom is -0.435 e. The number of carbonyl (C=O) groups excluding carboxylic acids is 1. The zero-order chi connectivity index (χ0) is 20.1. The number of carbonyl (C=O) groups is 1. The van der Waals surface area contributed by atoms with Crippen LogP contribution in [-0.4, -0.2) is 33.1 Å². The molecule has 3 N–H and O–H groups in total. The molecule has 0 saturated heterocycles. The molecule has 3 aromatic rings. The van der Waals surface area contributed by atoms with Crippen LogP contribution in [0.3, 0.4) is 0 Å². The van der Waals surface area contributed by atoms with Gasteiger partial charge in [-0.25, -0.2) is 9.07 Å². The zero-order valence-corrected chi connectivity index (χ0v) is 15.0. The van der Waals surface area contributed by atoms with Gasteiger partial charge in [0.2, 0.25) is 11.1 Å². The lowest BCUT2D eigenvalue weighted by atomic mass is 10.2. The van der Waals surface area contributed by atoms with Gasteiger partial charge in [-0.2, -0.15) is 8.78 Å². The van der Waals surface area contributed by atoms with Gasteiger partial charge in [0.15, 0.2) is 5.82 Å². The van der Waals surface area contributed by atoms with Crippen LogP contribution in [0.25, 0.3) is 11.4 Å². The second-order valence-electron chi connectivity index (χ2n) is 5.42. The number of rotatable bonds is 7. The van der Waals surface area contributed by atoms with Gasteiger partial charge in [-0.15, -0.1) is 10.2 Å². The number of nitrogens with zero attached hydrogens (tertiary/aromatic N) is 3. The maximum atomic E-state index is 12.9. The molecule has 28 heavy (non-hydrogen) atoms. The molecule has 0 radical (unpaired) electrons. The predicted octanol–water partition coefficient (Wildman–Crippen LogP) is 3.13. The topological polar surface area (TPSA) is 95.1 Å². The van der Waals surface area contributed by atoms with Crippen LogP contribution in [-0.2, 0) is 4.79 Å². The smallest absolute Gasteiger partial charge is 0.387 e. The van der Waals surface area contributed by atoms with Gasteiger partial charge >= 0.3 is 6.61 Å². The Kier molecular flexibility index (Phi) is 6.04. The van der Waals surface area contributed by atoms with Crippen LogP contribution >= 0.6 is 11.8 Å². The van der Waals surface area contributed by atoms with Crippen molar-refractivity contribution in [1.82, 2.24) is 14.9 Å². The highest BCUT2D eigenvalue weighted by atomic mass is 32.2. The van der Waals surface area contributed by atoms with Crippen LogP contribution in [0, 0.1) is 5.82 Å². The summed E-state index contributed by atoms with van der Waals surface area (Å²) in [6.45, 7) is -2.91. The van der Waals surface area contributed by atoms with Crippen molar-refractivity contribution in [2.45, 2.75) is 11.8 Å². The number of alkyl halides is 2. The van der Waals surface area contributed by atoms with Crippen LogP contribution in [0.4, 0.5) is 18.9 Å². The molecular weight excluding hydrogens is 395 g/mol. The van der Waals surface area contributed by atoms with Crippen molar-refractivity contribution in [2.24, 2.45) is 0 Å². The van der Waals surface area contributed by atoms with E-state index in [0.29, 0.717) is 17.1 Å². The molecule has 2 aromatic carbocycles. The molecule has 3 rings (SSSR count). The van der Waals surface area contributed by atoms with Gasteiger partial charge < -0.3 is 15.9 Å². The first-order valence-electron chi connectivity index (χ1n) is 7.86. The number of nitrogen functional groups attached to an aromatic ring is 1. The summed E-state index contributed by atoms with van der Waals surface area (Å²) in [4.78, 5) is 12.0. The Hall–Kier alpha value is -3.21. The SMILES string of the molecule is Nn1c(SCC(=O)Nc2ccc(F)cc2)nnc1-c1ccc(OC(F)F)cc1. The molecule has 0 aliphatic rings. The van der Waals surface area contributed by atoms with Crippen LogP contribution in [0.15, 0.2) is 53.7 Å². The number of nitrogens with one attached hydrogen (secondary N) is 1. The highest BCUT2D eigenvalue weighted by Crippen LogP contribution is 2.24.